The molecule has 0 atom stereocenters. The molecule has 2 heteroatoms. The van der Waals surface area contributed by atoms with Crippen molar-refractivity contribution in [3.63, 3.8) is 0 Å². The van der Waals surface area contributed by atoms with E-state index in [-0.39, 0.29) is 0 Å². The molecule has 0 aromatic carbocycles. The summed E-state index contributed by atoms with van der Waals surface area (Å²) in [6.07, 6.45) is 19.2. The normalized spacial score (nSPS) is 11.3. The van der Waals surface area contributed by atoms with Crippen LogP contribution in [-0.4, -0.2) is 19.5 Å². The Hall–Kier alpha value is -0.630. The van der Waals surface area contributed by atoms with E-state index in [2.05, 4.69) is 12.2 Å². The van der Waals surface area contributed by atoms with Gasteiger partial charge in [0.15, 0.2) is 0 Å². The summed E-state index contributed by atoms with van der Waals surface area (Å²) in [4.78, 5) is 10.8. The smallest absolute Gasteiger partial charge is 0.129 e. The zero-order valence-corrected chi connectivity index (χ0v) is 13.7. The summed E-state index contributed by atoms with van der Waals surface area (Å²) in [5, 5.41) is 0. The second-order valence-corrected chi connectivity index (χ2v) is 5.68. The van der Waals surface area contributed by atoms with Crippen LogP contribution >= 0.6 is 0 Å². The maximum absolute atomic E-state index is 10.8. The van der Waals surface area contributed by atoms with E-state index in [1.807, 2.05) is 0 Å². The summed E-state index contributed by atoms with van der Waals surface area (Å²) in [6, 6.07) is 0. The molecule has 0 saturated carbocycles. The molecule has 0 unspecified atom stereocenters. The highest BCUT2D eigenvalue weighted by molar-refractivity contribution is 5.75. The summed E-state index contributed by atoms with van der Waals surface area (Å²) in [5.41, 5.74) is 0. The van der Waals surface area contributed by atoms with Crippen LogP contribution in [0.3, 0.4) is 0 Å². The summed E-state index contributed by atoms with van der Waals surface area (Å²) in [5.74, 6) is 0.316. The number of hydrogen-bond acceptors (Lipinski definition) is 2. The fourth-order valence-corrected chi connectivity index (χ4v) is 2.26. The predicted octanol–water partition coefficient (Wildman–Crippen LogP) is 5.46. The standard InChI is InChI=1S/C18H34O2/c1-18(19)16-14-12-10-8-6-4-3-5-7-9-11-13-15-17-20-2/h6,8H,3-5,7,9-17H2,1-2H3/b8-6+. The molecule has 0 saturated heterocycles. The first kappa shape index (κ1) is 19.4. The van der Waals surface area contributed by atoms with Crippen molar-refractivity contribution in [3.8, 4) is 0 Å². The van der Waals surface area contributed by atoms with Crippen molar-refractivity contribution in [3.05, 3.63) is 12.2 Å². The van der Waals surface area contributed by atoms with Crippen LogP contribution in [0.25, 0.3) is 0 Å². The summed E-state index contributed by atoms with van der Waals surface area (Å²) >= 11 is 0. The van der Waals surface area contributed by atoms with Gasteiger partial charge < -0.3 is 9.53 Å². The van der Waals surface area contributed by atoms with Gasteiger partial charge >= 0.3 is 0 Å². The molecule has 0 aromatic heterocycles. The van der Waals surface area contributed by atoms with E-state index >= 15 is 0 Å². The monoisotopic (exact) mass is 282 g/mol. The Bertz CT molecular complexity index is 234. The van der Waals surface area contributed by atoms with Crippen molar-refractivity contribution in [1.82, 2.24) is 0 Å². The number of rotatable bonds is 15. The minimum absolute atomic E-state index is 0.316. The second-order valence-electron chi connectivity index (χ2n) is 5.68. The Balaban J connectivity index is 3.06. The number of ketones is 1. The minimum Gasteiger partial charge on any atom is -0.385 e. The van der Waals surface area contributed by atoms with Crippen LogP contribution in [0.15, 0.2) is 12.2 Å². The fourth-order valence-electron chi connectivity index (χ4n) is 2.26. The molecule has 0 aromatic rings. The van der Waals surface area contributed by atoms with E-state index in [4.69, 9.17) is 4.74 Å². The first-order valence-corrected chi connectivity index (χ1v) is 8.40. The summed E-state index contributed by atoms with van der Waals surface area (Å²) in [6.45, 7) is 2.59. The minimum atomic E-state index is 0.316. The Labute approximate surface area is 126 Å². The highest BCUT2D eigenvalue weighted by atomic mass is 16.5. The topological polar surface area (TPSA) is 26.3 Å². The van der Waals surface area contributed by atoms with Crippen molar-refractivity contribution in [2.75, 3.05) is 13.7 Å². The van der Waals surface area contributed by atoms with Gasteiger partial charge in [-0.05, 0) is 45.4 Å². The molecular weight excluding hydrogens is 248 g/mol. The third kappa shape index (κ3) is 17.4. The van der Waals surface area contributed by atoms with Gasteiger partial charge in [0.05, 0.1) is 0 Å². The van der Waals surface area contributed by atoms with Crippen LogP contribution in [0.2, 0.25) is 0 Å². The molecule has 0 aliphatic heterocycles. The molecule has 0 amide bonds. The number of ether oxygens (including phenoxy) is 1. The van der Waals surface area contributed by atoms with Crippen molar-refractivity contribution in [2.24, 2.45) is 0 Å². The lowest BCUT2D eigenvalue weighted by Crippen LogP contribution is -1.88. The van der Waals surface area contributed by atoms with Crippen LogP contribution in [0.5, 0.6) is 0 Å². The Morgan fingerprint density at radius 1 is 0.800 bits per heavy atom. The summed E-state index contributed by atoms with van der Waals surface area (Å²) in [7, 11) is 1.77. The average molecular weight is 282 g/mol. The van der Waals surface area contributed by atoms with E-state index in [1.54, 1.807) is 14.0 Å². The van der Waals surface area contributed by atoms with Crippen LogP contribution in [0, 0.1) is 0 Å². The Kier molecular flexibility index (Phi) is 15.9. The van der Waals surface area contributed by atoms with Gasteiger partial charge in [0.2, 0.25) is 0 Å². The third-order valence-corrected chi connectivity index (χ3v) is 3.54. The van der Waals surface area contributed by atoms with E-state index in [0.29, 0.717) is 5.78 Å². The molecule has 0 fully saturated rings. The predicted molar refractivity (Wildman–Crippen MR) is 87.1 cm³/mol. The van der Waals surface area contributed by atoms with Gasteiger partial charge in [-0.15, -0.1) is 0 Å². The average Bonchev–Trinajstić information content (AvgIpc) is 2.43. The number of methoxy groups -OCH3 is 1. The van der Waals surface area contributed by atoms with Crippen molar-refractivity contribution in [1.29, 1.82) is 0 Å². The quantitative estimate of drug-likeness (QED) is 0.294. The number of unbranched alkanes of at least 4 members (excludes halogenated alkanes) is 9. The molecule has 0 N–H and O–H groups in total. The molecule has 118 valence electrons. The SMILES string of the molecule is COCCCCCCCCC/C=C/CCCCC(C)=O. The van der Waals surface area contributed by atoms with Crippen LogP contribution in [-0.2, 0) is 9.53 Å². The van der Waals surface area contributed by atoms with Gasteiger partial charge in [-0.25, -0.2) is 0 Å². The lowest BCUT2D eigenvalue weighted by molar-refractivity contribution is -0.117. The van der Waals surface area contributed by atoms with Crippen molar-refractivity contribution >= 4 is 5.78 Å². The molecule has 0 spiro atoms. The van der Waals surface area contributed by atoms with Gasteiger partial charge in [0.1, 0.15) is 5.78 Å². The van der Waals surface area contributed by atoms with Crippen LogP contribution in [0.4, 0.5) is 0 Å². The number of Topliss-reactive ketones (excluding diaryl/α,β-unsaturated/α-hetero) is 1. The van der Waals surface area contributed by atoms with Gasteiger partial charge in [-0.2, -0.15) is 0 Å². The molecule has 0 rings (SSSR count). The first-order valence-electron chi connectivity index (χ1n) is 8.40. The highest BCUT2D eigenvalue weighted by Crippen LogP contribution is 2.09. The lowest BCUT2D eigenvalue weighted by atomic mass is 10.1. The molecular formula is C18H34O2. The van der Waals surface area contributed by atoms with Gasteiger partial charge in [0.25, 0.3) is 0 Å². The second kappa shape index (κ2) is 16.4. The van der Waals surface area contributed by atoms with Gasteiger partial charge in [-0.1, -0.05) is 44.3 Å². The number of hydrogen-bond donors (Lipinski definition) is 0. The van der Waals surface area contributed by atoms with E-state index in [9.17, 15) is 4.79 Å². The van der Waals surface area contributed by atoms with Crippen LogP contribution < -0.4 is 0 Å². The fraction of sp³-hybridized carbons (Fsp3) is 0.833. The summed E-state index contributed by atoms with van der Waals surface area (Å²) < 4.78 is 5.04. The molecule has 0 aliphatic carbocycles. The molecule has 0 aliphatic rings. The molecule has 0 heterocycles. The maximum atomic E-state index is 10.8. The van der Waals surface area contributed by atoms with Crippen molar-refractivity contribution < 1.29 is 9.53 Å². The van der Waals surface area contributed by atoms with E-state index in [0.717, 1.165) is 32.3 Å². The van der Waals surface area contributed by atoms with Gasteiger partial charge in [0, 0.05) is 20.1 Å². The number of carbonyl (C=O) groups is 1. The van der Waals surface area contributed by atoms with E-state index < -0.39 is 0 Å². The molecule has 20 heavy (non-hydrogen) atoms. The Morgan fingerprint density at radius 3 is 1.85 bits per heavy atom. The van der Waals surface area contributed by atoms with E-state index in [1.165, 1.54) is 51.4 Å². The Morgan fingerprint density at radius 2 is 1.30 bits per heavy atom. The zero-order chi connectivity index (χ0) is 14.9. The molecule has 0 radical (unpaired) electrons. The molecule has 2 nitrogen and oxygen atoms in total. The number of allylic oxidation sites excluding steroid dienone is 2. The number of carbonyl (C=O) groups excluding carboxylic acids is 1. The molecule has 0 bridgehead atoms. The highest BCUT2D eigenvalue weighted by Gasteiger charge is 1.92. The largest absolute Gasteiger partial charge is 0.385 e. The lowest BCUT2D eigenvalue weighted by Gasteiger charge is -2.01. The first-order chi connectivity index (χ1) is 9.77. The van der Waals surface area contributed by atoms with Crippen LogP contribution in [0.1, 0.15) is 84.0 Å². The van der Waals surface area contributed by atoms with Crippen molar-refractivity contribution in [2.45, 2.75) is 84.0 Å². The zero-order valence-electron chi connectivity index (χ0n) is 13.7. The van der Waals surface area contributed by atoms with Gasteiger partial charge in [-0.3, -0.25) is 0 Å². The maximum Gasteiger partial charge on any atom is 0.129 e. The third-order valence-electron chi connectivity index (χ3n) is 3.54.